The van der Waals surface area contributed by atoms with Crippen molar-refractivity contribution in [3.63, 3.8) is 0 Å². The second kappa shape index (κ2) is 5.93. The largest absolute Gasteiger partial charge is 0.399 e. The van der Waals surface area contributed by atoms with Crippen molar-refractivity contribution in [2.24, 2.45) is 0 Å². The second-order valence-corrected chi connectivity index (χ2v) is 6.11. The molecule has 0 spiro atoms. The fourth-order valence-electron chi connectivity index (χ4n) is 3.51. The molecule has 0 radical (unpaired) electrons. The first-order valence-corrected chi connectivity index (χ1v) is 7.83. The van der Waals surface area contributed by atoms with Gasteiger partial charge >= 0.3 is 0 Å². The van der Waals surface area contributed by atoms with Crippen molar-refractivity contribution in [1.82, 2.24) is 9.80 Å². The van der Waals surface area contributed by atoms with Crippen molar-refractivity contribution in [3.05, 3.63) is 23.8 Å². The van der Waals surface area contributed by atoms with Crippen molar-refractivity contribution in [1.29, 1.82) is 0 Å². The molecule has 0 bridgehead atoms. The number of carbonyl (C=O) groups is 1. The summed E-state index contributed by atoms with van der Waals surface area (Å²) in [6, 6.07) is 5.86. The predicted molar refractivity (Wildman–Crippen MR) is 85.0 cm³/mol. The summed E-state index contributed by atoms with van der Waals surface area (Å²) in [5.41, 5.74) is 13.2. The number of carbonyl (C=O) groups excluding carboxylic acids is 1. The molecule has 3 rings (SSSR count). The highest BCUT2D eigenvalue weighted by molar-refractivity contribution is 5.99. The number of anilines is 2. The first-order valence-electron chi connectivity index (χ1n) is 7.83. The van der Waals surface area contributed by atoms with Gasteiger partial charge in [0, 0.05) is 43.6 Å². The van der Waals surface area contributed by atoms with E-state index in [0.717, 1.165) is 32.2 Å². The molecule has 5 heteroatoms. The number of nitrogens with zero attached hydrogens (tertiary/aromatic N) is 2. The molecule has 4 N–H and O–H groups in total. The fraction of sp³-hybridized carbons (Fsp3) is 0.562. The lowest BCUT2D eigenvalue weighted by Crippen LogP contribution is -2.51. The zero-order valence-corrected chi connectivity index (χ0v) is 12.4. The van der Waals surface area contributed by atoms with Crippen LogP contribution in [-0.2, 0) is 0 Å². The van der Waals surface area contributed by atoms with Gasteiger partial charge in [-0.05, 0) is 31.0 Å². The van der Waals surface area contributed by atoms with Gasteiger partial charge < -0.3 is 16.4 Å². The van der Waals surface area contributed by atoms with Crippen LogP contribution in [0.2, 0.25) is 0 Å². The van der Waals surface area contributed by atoms with Crippen LogP contribution >= 0.6 is 0 Å². The Hall–Kier alpha value is -1.75. The van der Waals surface area contributed by atoms with E-state index in [4.69, 9.17) is 11.5 Å². The number of hydrogen-bond acceptors (Lipinski definition) is 4. The van der Waals surface area contributed by atoms with E-state index in [-0.39, 0.29) is 5.91 Å². The summed E-state index contributed by atoms with van der Waals surface area (Å²) >= 11 is 0. The molecule has 1 aromatic rings. The van der Waals surface area contributed by atoms with E-state index >= 15 is 0 Å². The van der Waals surface area contributed by atoms with E-state index in [9.17, 15) is 4.79 Å². The number of hydrogen-bond donors (Lipinski definition) is 2. The summed E-state index contributed by atoms with van der Waals surface area (Å²) in [7, 11) is 0. The number of nitrogen functional groups attached to an aromatic ring is 2. The van der Waals surface area contributed by atoms with Gasteiger partial charge in [0.1, 0.15) is 0 Å². The molecule has 1 aromatic carbocycles. The molecule has 0 aromatic heterocycles. The first kappa shape index (κ1) is 14.2. The zero-order valence-electron chi connectivity index (χ0n) is 12.4. The normalized spacial score (nSPS) is 20.9. The van der Waals surface area contributed by atoms with Crippen molar-refractivity contribution in [2.45, 2.75) is 31.7 Å². The Bertz CT molecular complexity index is 517. The summed E-state index contributed by atoms with van der Waals surface area (Å²) in [6.45, 7) is 3.54. The molecule has 1 aliphatic heterocycles. The van der Waals surface area contributed by atoms with Crippen LogP contribution in [0.25, 0.3) is 0 Å². The second-order valence-electron chi connectivity index (χ2n) is 6.11. The van der Waals surface area contributed by atoms with Crippen molar-refractivity contribution < 1.29 is 4.79 Å². The lowest BCUT2D eigenvalue weighted by Gasteiger charge is -2.38. The molecule has 1 saturated heterocycles. The van der Waals surface area contributed by atoms with E-state index in [0.29, 0.717) is 16.9 Å². The van der Waals surface area contributed by atoms with Gasteiger partial charge in [-0.3, -0.25) is 9.69 Å². The number of nitrogens with two attached hydrogens (primary N) is 2. The van der Waals surface area contributed by atoms with Crippen LogP contribution in [0, 0.1) is 0 Å². The Morgan fingerprint density at radius 3 is 2.33 bits per heavy atom. The molecule has 2 aliphatic rings. The van der Waals surface area contributed by atoms with Crippen LogP contribution in [-0.4, -0.2) is 47.9 Å². The summed E-state index contributed by atoms with van der Waals surface area (Å²) in [6.07, 6.45) is 5.34. The molecule has 21 heavy (non-hydrogen) atoms. The van der Waals surface area contributed by atoms with Gasteiger partial charge in [0.25, 0.3) is 5.91 Å². The summed E-state index contributed by atoms with van der Waals surface area (Å²) in [4.78, 5) is 17.0. The molecule has 1 amide bonds. The van der Waals surface area contributed by atoms with E-state index < -0.39 is 0 Å². The van der Waals surface area contributed by atoms with Crippen molar-refractivity contribution in [3.8, 4) is 0 Å². The summed E-state index contributed by atoms with van der Waals surface area (Å²) in [5.74, 6) is 0.0265. The third-order valence-electron chi connectivity index (χ3n) is 4.75. The van der Waals surface area contributed by atoms with Gasteiger partial charge in [-0.2, -0.15) is 0 Å². The third kappa shape index (κ3) is 2.97. The highest BCUT2D eigenvalue weighted by Gasteiger charge is 2.28. The van der Waals surface area contributed by atoms with Crippen molar-refractivity contribution in [2.75, 3.05) is 37.6 Å². The fourth-order valence-corrected chi connectivity index (χ4v) is 3.51. The van der Waals surface area contributed by atoms with Crippen LogP contribution in [0.4, 0.5) is 11.4 Å². The Labute approximate surface area is 125 Å². The van der Waals surface area contributed by atoms with Crippen LogP contribution in [0.5, 0.6) is 0 Å². The minimum Gasteiger partial charge on any atom is -0.399 e. The molecule has 2 fully saturated rings. The quantitative estimate of drug-likeness (QED) is 0.810. The molecule has 0 atom stereocenters. The molecule has 1 heterocycles. The molecule has 0 unspecified atom stereocenters. The van der Waals surface area contributed by atoms with Gasteiger partial charge in [-0.25, -0.2) is 0 Å². The average Bonchev–Trinajstić information content (AvgIpc) is 3.01. The molecule has 1 aliphatic carbocycles. The number of benzene rings is 1. The summed E-state index contributed by atoms with van der Waals surface area (Å²) < 4.78 is 0. The van der Waals surface area contributed by atoms with Crippen LogP contribution < -0.4 is 11.5 Å². The third-order valence-corrected chi connectivity index (χ3v) is 4.75. The average molecular weight is 288 g/mol. The predicted octanol–water partition coefficient (Wildman–Crippen LogP) is 1.55. The minimum atomic E-state index is 0.0265. The highest BCUT2D eigenvalue weighted by Crippen LogP contribution is 2.25. The molecular weight excluding hydrogens is 264 g/mol. The summed E-state index contributed by atoms with van der Waals surface area (Å²) in [5, 5.41) is 0. The Kier molecular flexibility index (Phi) is 4.01. The van der Waals surface area contributed by atoms with E-state index in [1.165, 1.54) is 25.7 Å². The van der Waals surface area contributed by atoms with E-state index in [2.05, 4.69) is 4.90 Å². The van der Waals surface area contributed by atoms with Crippen LogP contribution in [0.1, 0.15) is 36.0 Å². The van der Waals surface area contributed by atoms with Crippen LogP contribution in [0.3, 0.4) is 0 Å². The molecule has 5 nitrogen and oxygen atoms in total. The number of rotatable bonds is 2. The van der Waals surface area contributed by atoms with Gasteiger partial charge in [0.15, 0.2) is 0 Å². The number of amides is 1. The minimum absolute atomic E-state index is 0.0265. The van der Waals surface area contributed by atoms with E-state index in [1.807, 2.05) is 4.90 Å². The lowest BCUT2D eigenvalue weighted by molar-refractivity contribution is 0.0574. The van der Waals surface area contributed by atoms with Gasteiger partial charge in [0.05, 0.1) is 5.56 Å². The molecule has 1 saturated carbocycles. The zero-order chi connectivity index (χ0) is 14.8. The first-order chi connectivity index (χ1) is 10.1. The van der Waals surface area contributed by atoms with Crippen LogP contribution in [0.15, 0.2) is 18.2 Å². The maximum atomic E-state index is 12.5. The van der Waals surface area contributed by atoms with E-state index in [1.54, 1.807) is 18.2 Å². The standard InChI is InChI=1S/C16H24N4O/c17-12-5-6-14(15(18)11-12)16(21)20-9-7-19(8-10-20)13-3-1-2-4-13/h5-6,11,13H,1-4,7-10,17-18H2. The van der Waals surface area contributed by atoms with Crippen molar-refractivity contribution >= 4 is 17.3 Å². The Morgan fingerprint density at radius 2 is 1.71 bits per heavy atom. The lowest BCUT2D eigenvalue weighted by atomic mass is 10.1. The molecule has 114 valence electrons. The maximum Gasteiger partial charge on any atom is 0.256 e. The topological polar surface area (TPSA) is 75.6 Å². The smallest absolute Gasteiger partial charge is 0.256 e. The van der Waals surface area contributed by atoms with Gasteiger partial charge in [-0.15, -0.1) is 0 Å². The Morgan fingerprint density at radius 1 is 1.05 bits per heavy atom. The Balaban J connectivity index is 1.62. The SMILES string of the molecule is Nc1ccc(C(=O)N2CCN(C3CCCC3)CC2)c(N)c1. The molecular formula is C16H24N4O. The van der Waals surface area contributed by atoms with Gasteiger partial charge in [0.2, 0.25) is 0 Å². The van der Waals surface area contributed by atoms with Gasteiger partial charge in [-0.1, -0.05) is 12.8 Å². The highest BCUT2D eigenvalue weighted by atomic mass is 16.2. The number of piperazine rings is 1. The monoisotopic (exact) mass is 288 g/mol. The maximum absolute atomic E-state index is 12.5.